The number of benzene rings is 2. The van der Waals surface area contributed by atoms with Crippen LogP contribution in [0.25, 0.3) is 0 Å². The quantitative estimate of drug-likeness (QED) is 0.609. The Morgan fingerprint density at radius 2 is 2.00 bits per heavy atom. The number of nitrogens with zero attached hydrogens (tertiary/aromatic N) is 2. The standard InChI is InChI=1S/C22H19ClN4O2/c1-22(2,13-24)15-5-3-4-14(10-15)21(28)27-17-7-8-18(23)19(11-17)29-20-9-6-16(25)12-26-20/h3-12H,25H2,1-2H3,(H,27,28). The number of carbonyl (C=O) groups excluding carboxylic acids is 1. The largest absolute Gasteiger partial charge is 0.437 e. The molecule has 0 spiro atoms. The van der Waals surface area contributed by atoms with E-state index in [0.717, 1.165) is 5.56 Å². The van der Waals surface area contributed by atoms with Crippen LogP contribution in [0.4, 0.5) is 11.4 Å². The van der Waals surface area contributed by atoms with Crippen molar-refractivity contribution in [2.24, 2.45) is 0 Å². The van der Waals surface area contributed by atoms with Gasteiger partial charge in [-0.2, -0.15) is 5.26 Å². The molecule has 0 atom stereocenters. The summed E-state index contributed by atoms with van der Waals surface area (Å²) in [6, 6.07) is 17.4. The van der Waals surface area contributed by atoms with Crippen LogP contribution in [0.3, 0.4) is 0 Å². The summed E-state index contributed by atoms with van der Waals surface area (Å²) in [5.74, 6) is 0.372. The fraction of sp³-hybridized carbons (Fsp3) is 0.136. The van der Waals surface area contributed by atoms with Crippen LogP contribution in [0.5, 0.6) is 11.6 Å². The van der Waals surface area contributed by atoms with Crippen molar-refractivity contribution in [2.45, 2.75) is 19.3 Å². The van der Waals surface area contributed by atoms with Crippen molar-refractivity contribution < 1.29 is 9.53 Å². The number of nitriles is 1. The van der Waals surface area contributed by atoms with E-state index in [1.807, 2.05) is 6.07 Å². The fourth-order valence-corrected chi connectivity index (χ4v) is 2.70. The Hall–Kier alpha value is -3.56. The zero-order valence-electron chi connectivity index (χ0n) is 15.9. The topological polar surface area (TPSA) is 101 Å². The minimum Gasteiger partial charge on any atom is -0.437 e. The van der Waals surface area contributed by atoms with Crippen LogP contribution < -0.4 is 15.8 Å². The molecule has 3 N–H and O–H groups in total. The highest BCUT2D eigenvalue weighted by Gasteiger charge is 2.21. The molecule has 29 heavy (non-hydrogen) atoms. The van der Waals surface area contributed by atoms with E-state index >= 15 is 0 Å². The van der Waals surface area contributed by atoms with Crippen LogP contribution >= 0.6 is 11.6 Å². The normalized spacial score (nSPS) is 10.8. The summed E-state index contributed by atoms with van der Waals surface area (Å²) < 4.78 is 5.68. The Kier molecular flexibility index (Phi) is 5.71. The monoisotopic (exact) mass is 406 g/mol. The molecule has 0 bridgehead atoms. The van der Waals surface area contributed by atoms with Crippen molar-refractivity contribution in [3.63, 3.8) is 0 Å². The van der Waals surface area contributed by atoms with Crippen LogP contribution in [-0.4, -0.2) is 10.9 Å². The van der Waals surface area contributed by atoms with Gasteiger partial charge in [0.05, 0.1) is 28.4 Å². The van der Waals surface area contributed by atoms with Gasteiger partial charge in [0, 0.05) is 23.4 Å². The van der Waals surface area contributed by atoms with Gasteiger partial charge in [-0.05, 0) is 49.7 Å². The van der Waals surface area contributed by atoms with Crippen LogP contribution in [-0.2, 0) is 5.41 Å². The number of nitrogens with two attached hydrogens (primary N) is 1. The molecule has 1 amide bonds. The van der Waals surface area contributed by atoms with Crippen molar-refractivity contribution in [2.75, 3.05) is 11.1 Å². The van der Waals surface area contributed by atoms with Crippen molar-refractivity contribution in [3.8, 4) is 17.7 Å². The summed E-state index contributed by atoms with van der Waals surface area (Å²) in [5, 5.41) is 12.5. The Labute approximate surface area is 173 Å². The lowest BCUT2D eigenvalue weighted by atomic mass is 9.85. The molecule has 0 aliphatic rings. The van der Waals surface area contributed by atoms with E-state index in [1.54, 1.807) is 62.4 Å². The smallest absolute Gasteiger partial charge is 0.255 e. The number of halogens is 1. The summed E-state index contributed by atoms with van der Waals surface area (Å²) in [6.45, 7) is 3.61. The maximum atomic E-state index is 12.7. The highest BCUT2D eigenvalue weighted by Crippen LogP contribution is 2.31. The van der Waals surface area contributed by atoms with Gasteiger partial charge < -0.3 is 15.8 Å². The number of hydrogen-bond donors (Lipinski definition) is 2. The second-order valence-corrected chi connectivity index (χ2v) is 7.36. The SMILES string of the molecule is CC(C)(C#N)c1cccc(C(=O)Nc2ccc(Cl)c(Oc3ccc(N)cn3)c2)c1. The molecule has 0 radical (unpaired) electrons. The van der Waals surface area contributed by atoms with E-state index in [-0.39, 0.29) is 5.91 Å². The molecule has 0 unspecified atom stereocenters. The lowest BCUT2D eigenvalue weighted by Crippen LogP contribution is -2.17. The van der Waals surface area contributed by atoms with Gasteiger partial charge in [0.25, 0.3) is 5.91 Å². The molecule has 0 fully saturated rings. The number of pyridine rings is 1. The third kappa shape index (κ3) is 4.84. The minimum absolute atomic E-state index is 0.306. The summed E-state index contributed by atoms with van der Waals surface area (Å²) in [5.41, 5.74) is 7.17. The van der Waals surface area contributed by atoms with Gasteiger partial charge in [0.2, 0.25) is 5.88 Å². The van der Waals surface area contributed by atoms with Gasteiger partial charge in [-0.3, -0.25) is 4.79 Å². The molecule has 3 rings (SSSR count). The van der Waals surface area contributed by atoms with Crippen LogP contribution in [0.1, 0.15) is 29.8 Å². The van der Waals surface area contributed by atoms with Crippen LogP contribution in [0.2, 0.25) is 5.02 Å². The maximum Gasteiger partial charge on any atom is 0.255 e. The molecular weight excluding hydrogens is 388 g/mol. The Balaban J connectivity index is 1.80. The van der Waals surface area contributed by atoms with Crippen molar-refractivity contribution in [3.05, 3.63) is 76.9 Å². The number of carbonyl (C=O) groups is 1. The summed E-state index contributed by atoms with van der Waals surface area (Å²) >= 11 is 6.20. The average Bonchev–Trinajstić information content (AvgIpc) is 2.72. The van der Waals surface area contributed by atoms with Gasteiger partial charge in [0.1, 0.15) is 5.75 Å². The average molecular weight is 407 g/mol. The Bertz CT molecular complexity index is 1090. The molecule has 0 aliphatic heterocycles. The number of nitrogen functional groups attached to an aromatic ring is 1. The molecule has 2 aromatic carbocycles. The molecule has 0 saturated heterocycles. The second-order valence-electron chi connectivity index (χ2n) is 6.95. The number of ether oxygens (including phenoxy) is 1. The lowest BCUT2D eigenvalue weighted by molar-refractivity contribution is 0.102. The first-order valence-electron chi connectivity index (χ1n) is 8.80. The molecule has 7 heteroatoms. The lowest BCUT2D eigenvalue weighted by Gasteiger charge is -2.16. The third-order valence-electron chi connectivity index (χ3n) is 4.29. The van der Waals surface area contributed by atoms with E-state index in [0.29, 0.717) is 33.6 Å². The second kappa shape index (κ2) is 8.21. The minimum atomic E-state index is -0.691. The molecule has 146 valence electrons. The Morgan fingerprint density at radius 3 is 2.69 bits per heavy atom. The number of aromatic nitrogens is 1. The molecule has 0 aliphatic carbocycles. The number of hydrogen-bond acceptors (Lipinski definition) is 5. The summed E-state index contributed by atoms with van der Waals surface area (Å²) in [4.78, 5) is 16.8. The number of anilines is 2. The zero-order valence-corrected chi connectivity index (χ0v) is 16.7. The number of nitrogens with one attached hydrogen (secondary N) is 1. The highest BCUT2D eigenvalue weighted by molar-refractivity contribution is 6.32. The van der Waals surface area contributed by atoms with E-state index < -0.39 is 5.41 Å². The van der Waals surface area contributed by atoms with Gasteiger partial charge in [-0.25, -0.2) is 4.98 Å². The van der Waals surface area contributed by atoms with Gasteiger partial charge in [0.15, 0.2) is 0 Å². The highest BCUT2D eigenvalue weighted by atomic mass is 35.5. The maximum absolute atomic E-state index is 12.7. The first-order valence-corrected chi connectivity index (χ1v) is 9.18. The third-order valence-corrected chi connectivity index (χ3v) is 4.60. The predicted molar refractivity (Wildman–Crippen MR) is 113 cm³/mol. The van der Waals surface area contributed by atoms with Crippen molar-refractivity contribution >= 4 is 28.9 Å². The van der Waals surface area contributed by atoms with E-state index in [2.05, 4.69) is 16.4 Å². The van der Waals surface area contributed by atoms with E-state index in [4.69, 9.17) is 22.1 Å². The number of rotatable bonds is 5. The van der Waals surface area contributed by atoms with E-state index in [1.165, 1.54) is 6.20 Å². The van der Waals surface area contributed by atoms with Crippen molar-refractivity contribution in [1.29, 1.82) is 5.26 Å². The summed E-state index contributed by atoms with van der Waals surface area (Å²) in [7, 11) is 0. The molecular formula is C22H19ClN4O2. The first-order chi connectivity index (χ1) is 13.8. The first kappa shape index (κ1) is 20.2. The predicted octanol–water partition coefficient (Wildman–Crippen LogP) is 5.16. The molecule has 0 saturated carbocycles. The Morgan fingerprint density at radius 1 is 1.21 bits per heavy atom. The number of amides is 1. The van der Waals surface area contributed by atoms with Gasteiger partial charge in [-0.15, -0.1) is 0 Å². The molecule has 1 aromatic heterocycles. The van der Waals surface area contributed by atoms with Gasteiger partial charge >= 0.3 is 0 Å². The van der Waals surface area contributed by atoms with Crippen LogP contribution in [0, 0.1) is 11.3 Å². The van der Waals surface area contributed by atoms with Crippen molar-refractivity contribution in [1.82, 2.24) is 4.98 Å². The zero-order chi connectivity index (χ0) is 21.0. The fourth-order valence-electron chi connectivity index (χ4n) is 2.54. The van der Waals surface area contributed by atoms with E-state index in [9.17, 15) is 10.1 Å². The molecule has 1 heterocycles. The molecule has 6 nitrogen and oxygen atoms in total. The summed E-state index contributed by atoms with van der Waals surface area (Å²) in [6.07, 6.45) is 1.48. The van der Waals surface area contributed by atoms with Crippen LogP contribution in [0.15, 0.2) is 60.8 Å². The molecule has 3 aromatic rings. The van der Waals surface area contributed by atoms with Gasteiger partial charge in [-0.1, -0.05) is 23.7 Å².